The second kappa shape index (κ2) is 5.76. The lowest BCUT2D eigenvalue weighted by Crippen LogP contribution is -2.44. The first-order valence-electron chi connectivity index (χ1n) is 5.83. The Morgan fingerprint density at radius 2 is 1.83 bits per heavy atom. The molecule has 0 radical (unpaired) electrons. The second-order valence-electron chi connectivity index (χ2n) is 5.05. The van der Waals surface area contributed by atoms with Gasteiger partial charge in [0.25, 0.3) is 0 Å². The summed E-state index contributed by atoms with van der Waals surface area (Å²) in [5, 5.41) is 19.2. The van der Waals surface area contributed by atoms with Crippen molar-refractivity contribution in [3.63, 3.8) is 0 Å². The molecule has 0 saturated heterocycles. The number of rotatable bonds is 6. The smallest absolute Gasteiger partial charge is 0.316 e. The molecule has 0 heterocycles. The van der Waals surface area contributed by atoms with Crippen molar-refractivity contribution in [1.82, 2.24) is 0 Å². The Balaban J connectivity index is 3.23. The molecule has 0 aliphatic heterocycles. The van der Waals surface area contributed by atoms with E-state index in [0.29, 0.717) is 12.0 Å². The molecule has 100 valence electrons. The van der Waals surface area contributed by atoms with Crippen LogP contribution in [0, 0.1) is 0 Å². The molecule has 1 atom stereocenters. The SMILES string of the molecule is CSC(C)(C)CC(CO)(C(=O)O)c1ccccc1. The third-order valence-corrected chi connectivity index (χ3v) is 4.54. The van der Waals surface area contributed by atoms with Gasteiger partial charge < -0.3 is 10.2 Å². The Morgan fingerprint density at radius 3 is 2.22 bits per heavy atom. The number of carboxylic acids is 1. The third kappa shape index (κ3) is 3.06. The van der Waals surface area contributed by atoms with E-state index in [4.69, 9.17) is 0 Å². The molecule has 4 heteroatoms. The summed E-state index contributed by atoms with van der Waals surface area (Å²) < 4.78 is -0.211. The normalized spacial score (nSPS) is 15.1. The first-order chi connectivity index (χ1) is 8.38. The molecule has 0 aliphatic rings. The van der Waals surface area contributed by atoms with Crippen LogP contribution in [0.15, 0.2) is 30.3 Å². The lowest BCUT2D eigenvalue weighted by molar-refractivity contribution is -0.146. The van der Waals surface area contributed by atoms with Gasteiger partial charge in [-0.15, -0.1) is 0 Å². The molecule has 18 heavy (non-hydrogen) atoms. The maximum atomic E-state index is 11.7. The standard InChI is InChI=1S/C14H20O3S/c1-13(2,18-3)9-14(10-15,12(16)17)11-7-5-4-6-8-11/h4-8,15H,9-10H2,1-3H3,(H,16,17). The highest BCUT2D eigenvalue weighted by Gasteiger charge is 2.44. The number of carboxylic acid groups (broad SMARTS) is 1. The average molecular weight is 268 g/mol. The van der Waals surface area contributed by atoms with Gasteiger partial charge in [0.2, 0.25) is 0 Å². The summed E-state index contributed by atoms with van der Waals surface area (Å²) in [6, 6.07) is 8.97. The lowest BCUT2D eigenvalue weighted by atomic mass is 9.74. The maximum Gasteiger partial charge on any atom is 0.316 e. The third-order valence-electron chi connectivity index (χ3n) is 3.29. The molecule has 1 rings (SSSR count). The first-order valence-corrected chi connectivity index (χ1v) is 7.05. The summed E-state index contributed by atoms with van der Waals surface area (Å²) in [7, 11) is 0. The van der Waals surface area contributed by atoms with Crippen molar-refractivity contribution >= 4 is 17.7 Å². The fourth-order valence-corrected chi connectivity index (χ4v) is 2.46. The van der Waals surface area contributed by atoms with E-state index in [1.807, 2.05) is 26.2 Å². The maximum absolute atomic E-state index is 11.7. The Labute approximate surface area is 112 Å². The Bertz CT molecular complexity index is 403. The molecule has 3 nitrogen and oxygen atoms in total. The fraction of sp³-hybridized carbons (Fsp3) is 0.500. The predicted molar refractivity (Wildman–Crippen MR) is 75.1 cm³/mol. The van der Waals surface area contributed by atoms with Gasteiger partial charge in [0.1, 0.15) is 5.41 Å². The van der Waals surface area contributed by atoms with E-state index in [1.54, 1.807) is 36.0 Å². The van der Waals surface area contributed by atoms with Crippen LogP contribution in [0.3, 0.4) is 0 Å². The van der Waals surface area contributed by atoms with Crippen molar-refractivity contribution in [2.75, 3.05) is 12.9 Å². The zero-order valence-electron chi connectivity index (χ0n) is 11.0. The van der Waals surface area contributed by atoms with Crippen LogP contribution < -0.4 is 0 Å². The largest absolute Gasteiger partial charge is 0.481 e. The number of hydrogen-bond donors (Lipinski definition) is 2. The van der Waals surface area contributed by atoms with Crippen molar-refractivity contribution < 1.29 is 15.0 Å². The van der Waals surface area contributed by atoms with Crippen molar-refractivity contribution in [1.29, 1.82) is 0 Å². The summed E-state index contributed by atoms with van der Waals surface area (Å²) in [5.41, 5.74) is -0.574. The molecule has 0 bridgehead atoms. The number of aliphatic hydroxyl groups is 1. The number of hydrogen-bond acceptors (Lipinski definition) is 3. The van der Waals surface area contributed by atoms with Crippen LogP contribution in [-0.4, -0.2) is 33.8 Å². The molecule has 0 spiro atoms. The van der Waals surface area contributed by atoms with Crippen LogP contribution in [0.1, 0.15) is 25.8 Å². The van der Waals surface area contributed by atoms with Gasteiger partial charge in [-0.05, 0) is 18.2 Å². The van der Waals surface area contributed by atoms with Crippen LogP contribution in [-0.2, 0) is 10.2 Å². The monoisotopic (exact) mass is 268 g/mol. The van der Waals surface area contributed by atoms with Gasteiger partial charge in [-0.3, -0.25) is 4.79 Å². The Morgan fingerprint density at radius 1 is 1.28 bits per heavy atom. The van der Waals surface area contributed by atoms with E-state index in [0.717, 1.165) is 0 Å². The van der Waals surface area contributed by atoms with E-state index in [-0.39, 0.29) is 4.75 Å². The van der Waals surface area contributed by atoms with Crippen LogP contribution in [0.5, 0.6) is 0 Å². The van der Waals surface area contributed by atoms with Gasteiger partial charge in [0, 0.05) is 4.75 Å². The zero-order valence-corrected chi connectivity index (χ0v) is 11.8. The number of benzene rings is 1. The van der Waals surface area contributed by atoms with E-state index in [1.165, 1.54) is 0 Å². The molecule has 1 aromatic carbocycles. The van der Waals surface area contributed by atoms with Crippen LogP contribution >= 0.6 is 11.8 Å². The highest BCUT2D eigenvalue weighted by atomic mass is 32.2. The highest BCUT2D eigenvalue weighted by Crippen LogP contribution is 2.38. The quantitative estimate of drug-likeness (QED) is 0.832. The molecule has 1 aromatic rings. The molecular formula is C14H20O3S. The van der Waals surface area contributed by atoms with E-state index < -0.39 is 18.0 Å². The molecule has 0 fully saturated rings. The molecule has 0 amide bonds. The molecule has 1 unspecified atom stereocenters. The van der Waals surface area contributed by atoms with E-state index in [9.17, 15) is 15.0 Å². The Kier molecular flexibility index (Phi) is 4.82. The van der Waals surface area contributed by atoms with Crippen LogP contribution in [0.25, 0.3) is 0 Å². The summed E-state index contributed by atoms with van der Waals surface area (Å²) >= 11 is 1.61. The minimum Gasteiger partial charge on any atom is -0.481 e. The van der Waals surface area contributed by atoms with Gasteiger partial charge in [-0.25, -0.2) is 0 Å². The number of thioether (sulfide) groups is 1. The van der Waals surface area contributed by atoms with Crippen molar-refractivity contribution in [3.05, 3.63) is 35.9 Å². The highest BCUT2D eigenvalue weighted by molar-refractivity contribution is 7.99. The molecule has 0 aliphatic carbocycles. The molecule has 2 N–H and O–H groups in total. The molecular weight excluding hydrogens is 248 g/mol. The molecule has 0 aromatic heterocycles. The fourth-order valence-electron chi connectivity index (χ4n) is 2.07. The molecule has 0 saturated carbocycles. The average Bonchev–Trinajstić information content (AvgIpc) is 2.37. The van der Waals surface area contributed by atoms with Crippen molar-refractivity contribution in [2.24, 2.45) is 0 Å². The topological polar surface area (TPSA) is 57.5 Å². The van der Waals surface area contributed by atoms with Gasteiger partial charge in [-0.2, -0.15) is 11.8 Å². The lowest BCUT2D eigenvalue weighted by Gasteiger charge is -2.35. The summed E-state index contributed by atoms with van der Waals surface area (Å²) in [6.45, 7) is 3.60. The number of aliphatic carboxylic acids is 1. The van der Waals surface area contributed by atoms with Gasteiger partial charge in [0.05, 0.1) is 6.61 Å². The summed E-state index contributed by atoms with van der Waals surface area (Å²) in [5.74, 6) is -0.974. The minimum atomic E-state index is -1.23. The second-order valence-corrected chi connectivity index (χ2v) is 6.57. The van der Waals surface area contributed by atoms with Crippen LogP contribution in [0.4, 0.5) is 0 Å². The predicted octanol–water partition coefficient (Wildman–Crippen LogP) is 2.53. The number of aliphatic hydroxyl groups excluding tert-OH is 1. The Hall–Kier alpha value is -1.00. The summed E-state index contributed by atoms with van der Waals surface area (Å²) in [6.07, 6.45) is 2.34. The van der Waals surface area contributed by atoms with E-state index >= 15 is 0 Å². The van der Waals surface area contributed by atoms with Gasteiger partial charge in [0.15, 0.2) is 0 Å². The first kappa shape index (κ1) is 15.1. The minimum absolute atomic E-state index is 0.211. The summed E-state index contributed by atoms with van der Waals surface area (Å²) in [4.78, 5) is 11.7. The van der Waals surface area contributed by atoms with Crippen molar-refractivity contribution in [2.45, 2.75) is 30.4 Å². The van der Waals surface area contributed by atoms with E-state index in [2.05, 4.69) is 0 Å². The van der Waals surface area contributed by atoms with Crippen LogP contribution in [0.2, 0.25) is 0 Å². The zero-order chi connectivity index (χ0) is 13.8. The number of carbonyl (C=O) groups is 1. The van der Waals surface area contributed by atoms with Crippen molar-refractivity contribution in [3.8, 4) is 0 Å². The van der Waals surface area contributed by atoms with Gasteiger partial charge in [-0.1, -0.05) is 44.2 Å². The van der Waals surface area contributed by atoms with Gasteiger partial charge >= 0.3 is 5.97 Å².